The zero-order chi connectivity index (χ0) is 20.6. The van der Waals surface area contributed by atoms with Gasteiger partial charge in [0.25, 0.3) is 0 Å². The first-order chi connectivity index (χ1) is 14.1. The van der Waals surface area contributed by atoms with Gasteiger partial charge in [-0.25, -0.2) is 0 Å². The maximum Gasteiger partial charge on any atom is 0.191 e. The van der Waals surface area contributed by atoms with Gasteiger partial charge in [0.05, 0.1) is 12.9 Å². The maximum absolute atomic E-state index is 12.3. The molecule has 0 amide bonds. The lowest BCUT2D eigenvalue weighted by molar-refractivity contribution is -0.116. The molecular weight excluding hydrogens is 388 g/mol. The maximum atomic E-state index is 12.3. The zero-order valence-electron chi connectivity index (χ0n) is 16.4. The van der Waals surface area contributed by atoms with Gasteiger partial charge in [-0.3, -0.25) is 14.6 Å². The Labute approximate surface area is 173 Å². The monoisotopic (exact) mass is 410 g/mol. The summed E-state index contributed by atoms with van der Waals surface area (Å²) in [5.74, 6) is 1.62. The lowest BCUT2D eigenvalue weighted by Gasteiger charge is -2.07. The fourth-order valence-electron chi connectivity index (χ4n) is 2.78. The van der Waals surface area contributed by atoms with E-state index in [1.165, 1.54) is 11.8 Å². The second kappa shape index (κ2) is 9.97. The highest BCUT2D eigenvalue weighted by molar-refractivity contribution is 7.99. The van der Waals surface area contributed by atoms with E-state index in [0.717, 1.165) is 11.4 Å². The Balaban J connectivity index is 1.54. The second-order valence-electron chi connectivity index (χ2n) is 6.27. The summed E-state index contributed by atoms with van der Waals surface area (Å²) in [6.45, 7) is 2.69. The van der Waals surface area contributed by atoms with Crippen molar-refractivity contribution in [2.75, 3.05) is 12.9 Å². The summed E-state index contributed by atoms with van der Waals surface area (Å²) in [5, 5.41) is 9.13. The average Bonchev–Trinajstić information content (AvgIpc) is 3.19. The lowest BCUT2D eigenvalue weighted by Crippen LogP contribution is -2.08. The molecule has 0 aliphatic heterocycles. The standard InChI is InChI=1S/C21H22N4O3S/c1-3-25-20(16-5-4-12-22-13-16)23-24-21(25)29-14-17(26)8-11-19(27)15-6-9-18(28-2)10-7-15/h4-7,9-10,12-13H,3,8,11,14H2,1-2H3. The molecule has 2 heterocycles. The summed E-state index contributed by atoms with van der Waals surface area (Å²) in [5.41, 5.74) is 1.46. The fraction of sp³-hybridized carbons (Fsp3) is 0.286. The van der Waals surface area contributed by atoms with Gasteiger partial charge in [0.2, 0.25) is 0 Å². The van der Waals surface area contributed by atoms with E-state index in [9.17, 15) is 9.59 Å². The molecular formula is C21H22N4O3S. The van der Waals surface area contributed by atoms with Crippen LogP contribution in [0.5, 0.6) is 5.75 Å². The van der Waals surface area contributed by atoms with Crippen LogP contribution < -0.4 is 4.74 Å². The lowest BCUT2D eigenvalue weighted by atomic mass is 10.1. The smallest absolute Gasteiger partial charge is 0.191 e. The Hall–Kier alpha value is -3.00. The van der Waals surface area contributed by atoms with Crippen LogP contribution in [0.2, 0.25) is 0 Å². The van der Waals surface area contributed by atoms with E-state index >= 15 is 0 Å². The number of methoxy groups -OCH3 is 1. The Morgan fingerprint density at radius 1 is 1.10 bits per heavy atom. The van der Waals surface area contributed by atoms with Crippen LogP contribution >= 0.6 is 11.8 Å². The number of benzene rings is 1. The molecule has 0 aliphatic rings. The van der Waals surface area contributed by atoms with Crippen LogP contribution in [0.1, 0.15) is 30.1 Å². The first-order valence-electron chi connectivity index (χ1n) is 9.27. The van der Waals surface area contributed by atoms with Gasteiger partial charge in [0.1, 0.15) is 11.5 Å². The van der Waals surface area contributed by atoms with Crippen molar-refractivity contribution in [1.29, 1.82) is 0 Å². The van der Waals surface area contributed by atoms with Gasteiger partial charge >= 0.3 is 0 Å². The summed E-state index contributed by atoms with van der Waals surface area (Å²) < 4.78 is 7.04. The molecule has 0 unspecified atom stereocenters. The van der Waals surface area contributed by atoms with Crippen LogP contribution in [-0.2, 0) is 11.3 Å². The van der Waals surface area contributed by atoms with Crippen molar-refractivity contribution in [2.24, 2.45) is 0 Å². The molecule has 7 nitrogen and oxygen atoms in total. The number of ether oxygens (including phenoxy) is 1. The third-order valence-corrected chi connectivity index (χ3v) is 5.38. The first-order valence-corrected chi connectivity index (χ1v) is 10.3. The molecule has 0 N–H and O–H groups in total. The number of hydrogen-bond donors (Lipinski definition) is 0. The molecule has 0 fully saturated rings. The number of carbonyl (C=O) groups excluding carboxylic acids is 2. The molecule has 0 aliphatic carbocycles. The predicted octanol–water partition coefficient (Wildman–Crippen LogP) is 3.69. The van der Waals surface area contributed by atoms with Crippen LogP contribution in [0, 0.1) is 0 Å². The number of ketones is 2. The van der Waals surface area contributed by atoms with E-state index in [-0.39, 0.29) is 30.2 Å². The van der Waals surface area contributed by atoms with Crippen molar-refractivity contribution in [3.05, 3.63) is 54.4 Å². The predicted molar refractivity (Wildman–Crippen MR) is 111 cm³/mol. The number of nitrogens with zero attached hydrogens (tertiary/aromatic N) is 4. The summed E-state index contributed by atoms with van der Waals surface area (Å²) in [4.78, 5) is 28.6. The molecule has 0 bridgehead atoms. The zero-order valence-corrected chi connectivity index (χ0v) is 17.2. The molecule has 29 heavy (non-hydrogen) atoms. The van der Waals surface area contributed by atoms with Gasteiger partial charge in [-0.2, -0.15) is 0 Å². The van der Waals surface area contributed by atoms with E-state index < -0.39 is 0 Å². The number of carbonyl (C=O) groups is 2. The highest BCUT2D eigenvalue weighted by atomic mass is 32.2. The normalized spacial score (nSPS) is 10.7. The van der Waals surface area contributed by atoms with E-state index in [4.69, 9.17) is 4.74 Å². The molecule has 0 saturated heterocycles. The highest BCUT2D eigenvalue weighted by Crippen LogP contribution is 2.23. The average molecular weight is 410 g/mol. The SMILES string of the molecule is CCn1c(SCC(=O)CCC(=O)c2ccc(OC)cc2)nnc1-c1cccnc1. The fourth-order valence-corrected chi connectivity index (χ4v) is 3.68. The Bertz CT molecular complexity index is 971. The van der Waals surface area contributed by atoms with Crippen LogP contribution in [0.3, 0.4) is 0 Å². The third-order valence-electron chi connectivity index (χ3n) is 4.36. The molecule has 1 aromatic carbocycles. The number of rotatable bonds is 10. The topological polar surface area (TPSA) is 87.0 Å². The van der Waals surface area contributed by atoms with Gasteiger partial charge in [-0.05, 0) is 43.3 Å². The second-order valence-corrected chi connectivity index (χ2v) is 7.21. The van der Waals surface area contributed by atoms with Crippen LogP contribution in [0.25, 0.3) is 11.4 Å². The minimum absolute atomic E-state index is 0.00504. The van der Waals surface area contributed by atoms with Crippen molar-refractivity contribution < 1.29 is 14.3 Å². The van der Waals surface area contributed by atoms with Gasteiger partial charge in [0.15, 0.2) is 16.8 Å². The minimum Gasteiger partial charge on any atom is -0.497 e. The van der Waals surface area contributed by atoms with Crippen molar-refractivity contribution in [3.63, 3.8) is 0 Å². The molecule has 0 radical (unpaired) electrons. The van der Waals surface area contributed by atoms with Gasteiger partial charge in [-0.1, -0.05) is 11.8 Å². The minimum atomic E-state index is -0.0541. The molecule has 0 spiro atoms. The first kappa shape index (κ1) is 20.7. The summed E-state index contributed by atoms with van der Waals surface area (Å²) in [6, 6.07) is 10.7. The number of pyridine rings is 1. The summed E-state index contributed by atoms with van der Waals surface area (Å²) in [6.07, 6.45) is 3.83. The molecule has 3 aromatic rings. The van der Waals surface area contributed by atoms with E-state index in [1.807, 2.05) is 23.6 Å². The third kappa shape index (κ3) is 5.29. The number of thioether (sulfide) groups is 1. The summed E-state index contributed by atoms with van der Waals surface area (Å²) in [7, 11) is 1.58. The number of Topliss-reactive ketones (excluding diaryl/α,β-unsaturated/α-hetero) is 2. The van der Waals surface area contributed by atoms with Crippen molar-refractivity contribution in [2.45, 2.75) is 31.5 Å². The van der Waals surface area contributed by atoms with E-state index in [2.05, 4.69) is 15.2 Å². The number of aromatic nitrogens is 4. The molecule has 8 heteroatoms. The van der Waals surface area contributed by atoms with Crippen molar-refractivity contribution in [1.82, 2.24) is 19.7 Å². The van der Waals surface area contributed by atoms with Crippen molar-refractivity contribution >= 4 is 23.3 Å². The van der Waals surface area contributed by atoms with Gasteiger partial charge in [-0.15, -0.1) is 10.2 Å². The Morgan fingerprint density at radius 2 is 1.90 bits per heavy atom. The van der Waals surface area contributed by atoms with Crippen LogP contribution in [-0.4, -0.2) is 44.2 Å². The molecule has 150 valence electrons. The summed E-state index contributed by atoms with van der Waals surface area (Å²) >= 11 is 1.34. The molecule has 0 atom stereocenters. The van der Waals surface area contributed by atoms with Crippen LogP contribution in [0.15, 0.2) is 53.9 Å². The van der Waals surface area contributed by atoms with Crippen LogP contribution in [0.4, 0.5) is 0 Å². The largest absolute Gasteiger partial charge is 0.497 e. The van der Waals surface area contributed by atoms with E-state index in [1.54, 1.807) is 43.8 Å². The Kier molecular flexibility index (Phi) is 7.13. The quantitative estimate of drug-likeness (QED) is 0.372. The molecule has 2 aromatic heterocycles. The molecule has 3 rings (SSSR count). The van der Waals surface area contributed by atoms with E-state index in [0.29, 0.717) is 23.0 Å². The Morgan fingerprint density at radius 3 is 2.55 bits per heavy atom. The van der Waals surface area contributed by atoms with Crippen molar-refractivity contribution in [3.8, 4) is 17.1 Å². The van der Waals surface area contributed by atoms with Gasteiger partial charge < -0.3 is 9.30 Å². The molecule has 0 saturated carbocycles. The van der Waals surface area contributed by atoms with Gasteiger partial charge in [0, 0.05) is 42.9 Å². The number of hydrogen-bond acceptors (Lipinski definition) is 7. The highest BCUT2D eigenvalue weighted by Gasteiger charge is 2.15.